The smallest absolute Gasteiger partial charge is 0.345 e. The lowest BCUT2D eigenvalue weighted by Crippen LogP contribution is -1.98. The number of hydrogen-bond donors (Lipinski definition) is 1. The number of thiophene rings is 1. The van der Waals surface area contributed by atoms with Crippen molar-refractivity contribution in [3.63, 3.8) is 0 Å². The van der Waals surface area contributed by atoms with Crippen molar-refractivity contribution < 1.29 is 9.90 Å². The number of hydrogen-bond acceptors (Lipinski definition) is 4. The maximum absolute atomic E-state index is 10.5. The standard InChI is InChI=1S/C7H9N3O2S/c1-10(2)9-8-5-3-6(7(11)12)13-4-5/h3-4H,1-2H3,(H,11,12). The van der Waals surface area contributed by atoms with Gasteiger partial charge in [0.1, 0.15) is 4.88 Å². The average Bonchev–Trinajstić information content (AvgIpc) is 2.48. The Morgan fingerprint density at radius 2 is 2.31 bits per heavy atom. The lowest BCUT2D eigenvalue weighted by molar-refractivity contribution is 0.0702. The van der Waals surface area contributed by atoms with Crippen molar-refractivity contribution in [3.05, 3.63) is 16.3 Å². The van der Waals surface area contributed by atoms with Crippen LogP contribution in [0.25, 0.3) is 0 Å². The van der Waals surface area contributed by atoms with Gasteiger partial charge < -0.3 is 5.11 Å². The summed E-state index contributed by atoms with van der Waals surface area (Å²) < 4.78 is 0. The van der Waals surface area contributed by atoms with Crippen molar-refractivity contribution in [2.45, 2.75) is 0 Å². The zero-order valence-corrected chi connectivity index (χ0v) is 8.08. The Hall–Kier alpha value is -1.43. The number of aromatic carboxylic acids is 1. The molecule has 0 radical (unpaired) electrons. The van der Waals surface area contributed by atoms with Crippen LogP contribution in [0.15, 0.2) is 21.8 Å². The Kier molecular flexibility index (Phi) is 2.97. The number of rotatable bonds is 3. The largest absolute Gasteiger partial charge is 0.477 e. The SMILES string of the molecule is CN(C)N=Nc1csc(C(=O)O)c1. The van der Waals surface area contributed by atoms with E-state index < -0.39 is 5.97 Å². The van der Waals surface area contributed by atoms with E-state index in [4.69, 9.17) is 5.11 Å². The zero-order valence-electron chi connectivity index (χ0n) is 7.26. The molecule has 70 valence electrons. The third-order valence-corrected chi connectivity index (χ3v) is 2.04. The first kappa shape index (κ1) is 9.66. The third-order valence-electron chi connectivity index (χ3n) is 1.14. The number of carbonyl (C=O) groups is 1. The van der Waals surface area contributed by atoms with Crippen LogP contribution in [-0.4, -0.2) is 30.2 Å². The molecule has 0 saturated heterocycles. The highest BCUT2D eigenvalue weighted by atomic mass is 32.1. The molecule has 1 aromatic rings. The molecule has 0 aliphatic carbocycles. The number of carboxylic acids is 1. The van der Waals surface area contributed by atoms with Gasteiger partial charge in [-0.2, -0.15) is 0 Å². The molecule has 0 aromatic carbocycles. The molecule has 0 bridgehead atoms. The van der Waals surface area contributed by atoms with E-state index in [1.807, 2.05) is 0 Å². The molecule has 0 saturated carbocycles. The van der Waals surface area contributed by atoms with Crippen molar-refractivity contribution in [3.8, 4) is 0 Å². The first-order valence-corrected chi connectivity index (χ1v) is 4.38. The minimum Gasteiger partial charge on any atom is -0.477 e. The number of nitrogens with zero attached hydrogens (tertiary/aromatic N) is 3. The second-order valence-electron chi connectivity index (χ2n) is 2.51. The lowest BCUT2D eigenvalue weighted by Gasteiger charge is -1.98. The summed E-state index contributed by atoms with van der Waals surface area (Å²) in [5.41, 5.74) is 0.566. The van der Waals surface area contributed by atoms with Crippen molar-refractivity contribution in [2.75, 3.05) is 14.1 Å². The molecular weight excluding hydrogens is 190 g/mol. The predicted octanol–water partition coefficient (Wildman–Crippen LogP) is 2.01. The van der Waals surface area contributed by atoms with Crippen LogP contribution in [-0.2, 0) is 0 Å². The minimum absolute atomic E-state index is 0.271. The van der Waals surface area contributed by atoms with Gasteiger partial charge in [-0.05, 0) is 6.07 Å². The van der Waals surface area contributed by atoms with Crippen LogP contribution < -0.4 is 0 Å². The van der Waals surface area contributed by atoms with Gasteiger partial charge in [-0.3, -0.25) is 5.01 Å². The molecule has 0 spiro atoms. The highest BCUT2D eigenvalue weighted by molar-refractivity contribution is 7.12. The topological polar surface area (TPSA) is 65.3 Å². The summed E-state index contributed by atoms with van der Waals surface area (Å²) in [6.45, 7) is 0. The van der Waals surface area contributed by atoms with Gasteiger partial charge in [-0.25, -0.2) is 4.79 Å². The van der Waals surface area contributed by atoms with Crippen LogP contribution in [0.5, 0.6) is 0 Å². The second-order valence-corrected chi connectivity index (χ2v) is 3.42. The van der Waals surface area contributed by atoms with Crippen molar-refractivity contribution in [1.29, 1.82) is 0 Å². The van der Waals surface area contributed by atoms with E-state index >= 15 is 0 Å². The van der Waals surface area contributed by atoms with Crippen LogP contribution in [0.2, 0.25) is 0 Å². The summed E-state index contributed by atoms with van der Waals surface area (Å²) in [4.78, 5) is 10.8. The van der Waals surface area contributed by atoms with Gasteiger partial charge in [0.25, 0.3) is 0 Å². The molecular formula is C7H9N3O2S. The zero-order chi connectivity index (χ0) is 9.84. The van der Waals surface area contributed by atoms with E-state index in [9.17, 15) is 4.79 Å². The fourth-order valence-corrected chi connectivity index (χ4v) is 1.28. The van der Waals surface area contributed by atoms with Crippen LogP contribution in [0.3, 0.4) is 0 Å². The number of carboxylic acid groups (broad SMARTS) is 1. The van der Waals surface area contributed by atoms with Crippen LogP contribution in [0.1, 0.15) is 9.67 Å². The van der Waals surface area contributed by atoms with Gasteiger partial charge >= 0.3 is 5.97 Å². The molecule has 0 atom stereocenters. The van der Waals surface area contributed by atoms with Crippen LogP contribution in [0.4, 0.5) is 5.69 Å². The monoisotopic (exact) mass is 199 g/mol. The van der Waals surface area contributed by atoms with Gasteiger partial charge in [0.15, 0.2) is 0 Å². The molecule has 13 heavy (non-hydrogen) atoms. The van der Waals surface area contributed by atoms with E-state index in [0.29, 0.717) is 5.69 Å². The molecule has 1 aromatic heterocycles. The van der Waals surface area contributed by atoms with E-state index in [1.54, 1.807) is 19.5 Å². The van der Waals surface area contributed by atoms with Gasteiger partial charge in [0.2, 0.25) is 0 Å². The fourth-order valence-electron chi connectivity index (χ4n) is 0.632. The Bertz CT molecular complexity index is 332. The van der Waals surface area contributed by atoms with Gasteiger partial charge in [0, 0.05) is 19.5 Å². The molecule has 1 heterocycles. The summed E-state index contributed by atoms with van der Waals surface area (Å²) in [7, 11) is 3.49. The first-order valence-electron chi connectivity index (χ1n) is 3.50. The third kappa shape index (κ3) is 2.83. The molecule has 0 fully saturated rings. The fraction of sp³-hybridized carbons (Fsp3) is 0.286. The summed E-state index contributed by atoms with van der Waals surface area (Å²) in [5, 5.41) is 19.3. The molecule has 0 amide bonds. The minimum atomic E-state index is -0.934. The molecule has 1 rings (SSSR count). The highest BCUT2D eigenvalue weighted by Gasteiger charge is 2.05. The second kappa shape index (κ2) is 3.99. The maximum atomic E-state index is 10.5. The van der Waals surface area contributed by atoms with Gasteiger partial charge in [-0.15, -0.1) is 16.5 Å². The van der Waals surface area contributed by atoms with Crippen molar-refractivity contribution in [1.82, 2.24) is 5.01 Å². The van der Waals surface area contributed by atoms with Crippen molar-refractivity contribution >= 4 is 23.0 Å². The van der Waals surface area contributed by atoms with Crippen molar-refractivity contribution in [2.24, 2.45) is 10.3 Å². The van der Waals surface area contributed by atoms with Crippen LogP contribution >= 0.6 is 11.3 Å². The highest BCUT2D eigenvalue weighted by Crippen LogP contribution is 2.22. The Balaban J connectivity index is 2.75. The van der Waals surface area contributed by atoms with E-state index in [2.05, 4.69) is 10.3 Å². The Morgan fingerprint density at radius 1 is 1.62 bits per heavy atom. The summed E-state index contributed by atoms with van der Waals surface area (Å²) in [6.07, 6.45) is 0. The van der Waals surface area contributed by atoms with E-state index in [-0.39, 0.29) is 4.88 Å². The summed E-state index contributed by atoms with van der Waals surface area (Å²) in [6, 6.07) is 1.49. The Morgan fingerprint density at radius 3 is 2.77 bits per heavy atom. The van der Waals surface area contributed by atoms with E-state index in [1.165, 1.54) is 11.1 Å². The first-order chi connectivity index (χ1) is 6.09. The normalized spacial score (nSPS) is 10.6. The van der Waals surface area contributed by atoms with Crippen LogP contribution in [0, 0.1) is 0 Å². The molecule has 5 nitrogen and oxygen atoms in total. The molecule has 6 heteroatoms. The average molecular weight is 199 g/mol. The van der Waals surface area contributed by atoms with Gasteiger partial charge in [-0.1, -0.05) is 5.22 Å². The molecule has 0 aliphatic rings. The molecule has 0 unspecified atom stereocenters. The Labute approximate surface area is 79.3 Å². The molecule has 1 N–H and O–H groups in total. The maximum Gasteiger partial charge on any atom is 0.345 e. The predicted molar refractivity (Wildman–Crippen MR) is 49.5 cm³/mol. The lowest BCUT2D eigenvalue weighted by atomic mass is 10.4. The van der Waals surface area contributed by atoms with Gasteiger partial charge in [0.05, 0.1) is 5.69 Å². The van der Waals surface area contributed by atoms with E-state index in [0.717, 1.165) is 11.3 Å². The quantitative estimate of drug-likeness (QED) is 0.598. The summed E-state index contributed by atoms with van der Waals surface area (Å²) in [5.74, 6) is -0.934. The summed E-state index contributed by atoms with van der Waals surface area (Å²) >= 11 is 1.14. The molecule has 0 aliphatic heterocycles.